The SMILES string of the molecule is O=C(COc1ccc(Cl)c2cccnc12)NCC(=O)NC1CCCCC1. The molecular weight excluding hydrogens is 354 g/mol. The van der Waals surface area contributed by atoms with Gasteiger partial charge in [-0.2, -0.15) is 0 Å². The Bertz CT molecular complexity index is 791. The van der Waals surface area contributed by atoms with Gasteiger partial charge >= 0.3 is 0 Å². The highest BCUT2D eigenvalue weighted by Crippen LogP contribution is 2.29. The summed E-state index contributed by atoms with van der Waals surface area (Å²) in [5.41, 5.74) is 0.600. The highest BCUT2D eigenvalue weighted by Gasteiger charge is 2.16. The number of hydrogen-bond donors (Lipinski definition) is 2. The van der Waals surface area contributed by atoms with Crippen LogP contribution < -0.4 is 15.4 Å². The van der Waals surface area contributed by atoms with Gasteiger partial charge in [0, 0.05) is 17.6 Å². The van der Waals surface area contributed by atoms with Crippen molar-refractivity contribution in [2.75, 3.05) is 13.2 Å². The summed E-state index contributed by atoms with van der Waals surface area (Å²) in [7, 11) is 0. The average molecular weight is 376 g/mol. The summed E-state index contributed by atoms with van der Waals surface area (Å²) in [6.45, 7) is -0.234. The van der Waals surface area contributed by atoms with Gasteiger partial charge in [-0.1, -0.05) is 30.9 Å². The minimum Gasteiger partial charge on any atom is -0.481 e. The zero-order valence-electron chi connectivity index (χ0n) is 14.5. The molecule has 6 nitrogen and oxygen atoms in total. The van der Waals surface area contributed by atoms with Gasteiger partial charge < -0.3 is 15.4 Å². The molecule has 0 unspecified atom stereocenters. The molecule has 0 atom stereocenters. The fourth-order valence-electron chi connectivity index (χ4n) is 3.13. The predicted octanol–water partition coefficient (Wildman–Crippen LogP) is 2.83. The Morgan fingerprint density at radius 2 is 1.96 bits per heavy atom. The third-order valence-electron chi connectivity index (χ3n) is 4.45. The number of carbonyl (C=O) groups excluding carboxylic acids is 2. The highest BCUT2D eigenvalue weighted by atomic mass is 35.5. The van der Waals surface area contributed by atoms with Gasteiger partial charge in [0.1, 0.15) is 11.3 Å². The van der Waals surface area contributed by atoms with Gasteiger partial charge in [-0.15, -0.1) is 0 Å². The van der Waals surface area contributed by atoms with Crippen molar-refractivity contribution in [3.8, 4) is 5.75 Å². The van der Waals surface area contributed by atoms with Crippen LogP contribution in [0, 0.1) is 0 Å². The molecule has 2 amide bonds. The largest absolute Gasteiger partial charge is 0.481 e. The second kappa shape index (κ2) is 8.85. The van der Waals surface area contributed by atoms with Crippen LogP contribution in [0.3, 0.4) is 0 Å². The van der Waals surface area contributed by atoms with Crippen molar-refractivity contribution in [1.29, 1.82) is 0 Å². The number of aromatic nitrogens is 1. The number of fused-ring (bicyclic) bond motifs is 1. The summed E-state index contributed by atoms with van der Waals surface area (Å²) in [6, 6.07) is 7.25. The number of nitrogens with one attached hydrogen (secondary N) is 2. The van der Waals surface area contributed by atoms with Crippen LogP contribution >= 0.6 is 11.6 Å². The van der Waals surface area contributed by atoms with Crippen molar-refractivity contribution in [3.63, 3.8) is 0 Å². The molecular formula is C19H22ClN3O3. The molecule has 1 aromatic carbocycles. The molecule has 1 aliphatic carbocycles. The lowest BCUT2D eigenvalue weighted by Gasteiger charge is -2.22. The third kappa shape index (κ3) is 4.85. The molecule has 1 fully saturated rings. The molecule has 7 heteroatoms. The zero-order chi connectivity index (χ0) is 18.4. The van der Waals surface area contributed by atoms with Crippen LogP contribution in [0.1, 0.15) is 32.1 Å². The van der Waals surface area contributed by atoms with Crippen molar-refractivity contribution in [2.45, 2.75) is 38.1 Å². The normalized spacial score (nSPS) is 14.8. The Morgan fingerprint density at radius 1 is 1.15 bits per heavy atom. The lowest BCUT2D eigenvalue weighted by molar-refractivity contribution is -0.127. The van der Waals surface area contributed by atoms with Crippen molar-refractivity contribution in [3.05, 3.63) is 35.5 Å². The molecule has 1 aromatic heterocycles. The topological polar surface area (TPSA) is 80.3 Å². The van der Waals surface area contributed by atoms with E-state index in [1.165, 1.54) is 6.42 Å². The smallest absolute Gasteiger partial charge is 0.258 e. The molecule has 0 aliphatic heterocycles. The predicted molar refractivity (Wildman–Crippen MR) is 100 cm³/mol. The molecule has 1 aliphatic rings. The van der Waals surface area contributed by atoms with Crippen molar-refractivity contribution >= 4 is 34.3 Å². The number of nitrogens with zero attached hydrogens (tertiary/aromatic N) is 1. The van der Waals surface area contributed by atoms with Gasteiger partial charge in [0.05, 0.1) is 11.6 Å². The summed E-state index contributed by atoms with van der Waals surface area (Å²) in [6.07, 6.45) is 7.19. The number of pyridine rings is 1. The second-order valence-corrected chi connectivity index (χ2v) is 6.82. The quantitative estimate of drug-likeness (QED) is 0.813. The second-order valence-electron chi connectivity index (χ2n) is 6.41. The van der Waals surface area contributed by atoms with Crippen LogP contribution in [0.4, 0.5) is 0 Å². The standard InChI is InChI=1S/C19H22ClN3O3/c20-15-8-9-16(19-14(15)7-4-10-21-19)26-12-18(25)22-11-17(24)23-13-5-2-1-3-6-13/h4,7-10,13H,1-3,5-6,11-12H2,(H,22,25)(H,23,24). The van der Waals surface area contributed by atoms with Gasteiger partial charge in [0.15, 0.2) is 6.61 Å². The lowest BCUT2D eigenvalue weighted by Crippen LogP contribution is -2.43. The maximum Gasteiger partial charge on any atom is 0.258 e. The first-order valence-electron chi connectivity index (χ1n) is 8.85. The molecule has 0 saturated heterocycles. The summed E-state index contributed by atoms with van der Waals surface area (Å²) in [4.78, 5) is 28.1. The first kappa shape index (κ1) is 18.5. The molecule has 138 valence electrons. The van der Waals surface area contributed by atoms with E-state index < -0.39 is 0 Å². The van der Waals surface area contributed by atoms with E-state index >= 15 is 0 Å². The van der Waals surface area contributed by atoms with Crippen molar-refractivity contribution in [2.24, 2.45) is 0 Å². The van der Waals surface area contributed by atoms with Crippen LogP contribution in [0.5, 0.6) is 5.75 Å². The number of ether oxygens (including phenoxy) is 1. The molecule has 2 N–H and O–H groups in total. The molecule has 0 bridgehead atoms. The van der Waals surface area contributed by atoms with E-state index in [4.69, 9.17) is 16.3 Å². The minimum atomic E-state index is -0.358. The Balaban J connectivity index is 1.47. The van der Waals surface area contributed by atoms with E-state index in [1.807, 2.05) is 6.07 Å². The summed E-state index contributed by atoms with van der Waals surface area (Å²) in [5.74, 6) is -0.0431. The first-order chi connectivity index (χ1) is 12.6. The van der Waals surface area contributed by atoms with E-state index in [-0.39, 0.29) is 31.0 Å². The van der Waals surface area contributed by atoms with Crippen molar-refractivity contribution in [1.82, 2.24) is 15.6 Å². The van der Waals surface area contributed by atoms with Gasteiger partial charge in [-0.05, 0) is 37.1 Å². The van der Waals surface area contributed by atoms with Crippen LogP contribution in [0.2, 0.25) is 5.02 Å². The Kier molecular flexibility index (Phi) is 6.28. The van der Waals surface area contributed by atoms with E-state index in [9.17, 15) is 9.59 Å². The molecule has 0 radical (unpaired) electrons. The fraction of sp³-hybridized carbons (Fsp3) is 0.421. The molecule has 2 aromatic rings. The molecule has 1 saturated carbocycles. The van der Waals surface area contributed by atoms with Crippen LogP contribution in [0.25, 0.3) is 10.9 Å². The lowest BCUT2D eigenvalue weighted by atomic mass is 9.95. The number of halogens is 1. The molecule has 3 rings (SSSR count). The molecule has 26 heavy (non-hydrogen) atoms. The van der Waals surface area contributed by atoms with E-state index in [1.54, 1.807) is 24.4 Å². The Labute approximate surface area is 157 Å². The zero-order valence-corrected chi connectivity index (χ0v) is 15.2. The number of rotatable bonds is 6. The monoisotopic (exact) mass is 375 g/mol. The van der Waals surface area contributed by atoms with Crippen molar-refractivity contribution < 1.29 is 14.3 Å². The molecule has 0 spiro atoms. The number of hydrogen-bond acceptors (Lipinski definition) is 4. The summed E-state index contributed by atoms with van der Waals surface area (Å²) >= 11 is 6.14. The van der Waals surface area contributed by atoms with Gasteiger partial charge in [0.25, 0.3) is 5.91 Å². The maximum absolute atomic E-state index is 12.0. The Hall–Kier alpha value is -2.34. The third-order valence-corrected chi connectivity index (χ3v) is 4.78. The van der Waals surface area contributed by atoms with Crippen LogP contribution in [0.15, 0.2) is 30.5 Å². The van der Waals surface area contributed by atoms with Crippen LogP contribution in [-0.4, -0.2) is 36.0 Å². The summed E-state index contributed by atoms with van der Waals surface area (Å²) in [5, 5.41) is 6.87. The van der Waals surface area contributed by atoms with Gasteiger partial charge in [-0.3, -0.25) is 14.6 Å². The number of carbonyl (C=O) groups is 2. The van der Waals surface area contributed by atoms with Gasteiger partial charge in [0.2, 0.25) is 5.91 Å². The molecule has 1 heterocycles. The maximum atomic E-state index is 12.0. The minimum absolute atomic E-state index is 0.0433. The van der Waals surface area contributed by atoms with Crippen LogP contribution in [-0.2, 0) is 9.59 Å². The Morgan fingerprint density at radius 3 is 2.77 bits per heavy atom. The number of benzene rings is 1. The fourth-order valence-corrected chi connectivity index (χ4v) is 3.34. The first-order valence-corrected chi connectivity index (χ1v) is 9.23. The van der Waals surface area contributed by atoms with E-state index in [2.05, 4.69) is 15.6 Å². The highest BCUT2D eigenvalue weighted by molar-refractivity contribution is 6.35. The number of amides is 2. The van der Waals surface area contributed by atoms with E-state index in [0.29, 0.717) is 16.3 Å². The van der Waals surface area contributed by atoms with Gasteiger partial charge in [-0.25, -0.2) is 0 Å². The van der Waals surface area contributed by atoms with E-state index in [0.717, 1.165) is 31.1 Å². The summed E-state index contributed by atoms with van der Waals surface area (Å²) < 4.78 is 5.55. The average Bonchev–Trinajstić information content (AvgIpc) is 2.67.